The van der Waals surface area contributed by atoms with Gasteiger partial charge in [-0.2, -0.15) is 0 Å². The molecule has 0 aliphatic rings. The molecule has 0 bridgehead atoms. The average molecular weight is 346 g/mol. The first-order chi connectivity index (χ1) is 11.9. The van der Waals surface area contributed by atoms with Crippen LogP contribution in [0.2, 0.25) is 0 Å². The fraction of sp³-hybridized carbons (Fsp3) is 0.294. The van der Waals surface area contributed by atoms with Crippen LogP contribution in [0.1, 0.15) is 20.3 Å². The van der Waals surface area contributed by atoms with Gasteiger partial charge in [-0.3, -0.25) is 20.2 Å². The van der Waals surface area contributed by atoms with E-state index in [9.17, 15) is 20.2 Å². The average Bonchev–Trinajstić information content (AvgIpc) is 2.55. The van der Waals surface area contributed by atoms with Gasteiger partial charge in [0, 0.05) is 18.6 Å². The topological polar surface area (TPSA) is 105 Å². The van der Waals surface area contributed by atoms with Crippen molar-refractivity contribution in [1.82, 2.24) is 0 Å². The number of para-hydroxylation sites is 4. The number of rotatable bonds is 8. The summed E-state index contributed by atoms with van der Waals surface area (Å²) in [5.41, 5.74) is -0.219. The molecule has 0 saturated carbocycles. The lowest BCUT2D eigenvalue weighted by Crippen LogP contribution is -2.23. The minimum absolute atomic E-state index is 0.110. The van der Waals surface area contributed by atoms with Crippen LogP contribution in [0, 0.1) is 20.2 Å². The normalized spacial score (nSPS) is 12.9. The summed E-state index contributed by atoms with van der Waals surface area (Å²) in [6.07, 6.45) is -0.351. The van der Waals surface area contributed by atoms with E-state index in [2.05, 4.69) is 0 Å². The van der Waals surface area contributed by atoms with Crippen molar-refractivity contribution in [3.05, 3.63) is 68.8 Å². The maximum Gasteiger partial charge on any atom is 0.310 e. The highest BCUT2D eigenvalue weighted by atomic mass is 16.6. The van der Waals surface area contributed by atoms with Gasteiger partial charge >= 0.3 is 11.4 Å². The van der Waals surface area contributed by atoms with Crippen LogP contribution in [-0.4, -0.2) is 22.1 Å². The predicted molar refractivity (Wildman–Crippen MR) is 91.0 cm³/mol. The Morgan fingerprint density at radius 3 is 1.52 bits per heavy atom. The van der Waals surface area contributed by atoms with E-state index in [4.69, 9.17) is 9.47 Å². The van der Waals surface area contributed by atoms with Crippen molar-refractivity contribution in [1.29, 1.82) is 0 Å². The molecule has 0 radical (unpaired) electrons. The van der Waals surface area contributed by atoms with Crippen molar-refractivity contribution in [2.45, 2.75) is 32.5 Å². The minimum atomic E-state index is -0.505. The zero-order chi connectivity index (χ0) is 18.4. The van der Waals surface area contributed by atoms with Gasteiger partial charge in [0.05, 0.1) is 22.1 Å². The van der Waals surface area contributed by atoms with E-state index in [0.29, 0.717) is 6.42 Å². The van der Waals surface area contributed by atoms with Crippen LogP contribution in [0.4, 0.5) is 11.4 Å². The van der Waals surface area contributed by atoms with E-state index in [1.807, 2.05) is 0 Å². The Bertz CT molecular complexity index is 701. The van der Waals surface area contributed by atoms with Crippen molar-refractivity contribution in [3.63, 3.8) is 0 Å². The standard InChI is InChI=1S/C17H18N2O6/c1-12(24-16-9-5-3-7-14(16)18(20)21)11-13(2)25-17-10-6-4-8-15(17)19(22)23/h3-10,12-13H,11H2,1-2H3. The number of ether oxygens (including phenoxy) is 2. The van der Waals surface area contributed by atoms with Crippen LogP contribution in [0.15, 0.2) is 48.5 Å². The molecule has 0 amide bonds. The molecule has 0 fully saturated rings. The van der Waals surface area contributed by atoms with Crippen molar-refractivity contribution in [3.8, 4) is 11.5 Å². The number of nitro groups is 2. The summed E-state index contributed by atoms with van der Waals surface area (Å²) in [6.45, 7) is 3.52. The highest BCUT2D eigenvalue weighted by molar-refractivity contribution is 5.46. The number of hydrogen-bond acceptors (Lipinski definition) is 6. The van der Waals surface area contributed by atoms with E-state index < -0.39 is 9.85 Å². The molecular formula is C17H18N2O6. The quantitative estimate of drug-likeness (QED) is 0.526. The number of hydrogen-bond donors (Lipinski definition) is 0. The fourth-order valence-electron chi connectivity index (χ4n) is 2.41. The van der Waals surface area contributed by atoms with Gasteiger partial charge in [-0.1, -0.05) is 24.3 Å². The zero-order valence-corrected chi connectivity index (χ0v) is 13.8. The third-order valence-corrected chi connectivity index (χ3v) is 3.44. The van der Waals surface area contributed by atoms with Gasteiger partial charge in [0.15, 0.2) is 11.5 Å². The second-order valence-electron chi connectivity index (χ2n) is 5.54. The molecule has 25 heavy (non-hydrogen) atoms. The van der Waals surface area contributed by atoms with Gasteiger partial charge in [-0.05, 0) is 26.0 Å². The summed E-state index contributed by atoms with van der Waals surface area (Å²) < 4.78 is 11.3. The summed E-state index contributed by atoms with van der Waals surface area (Å²) in [5, 5.41) is 22.0. The van der Waals surface area contributed by atoms with Crippen LogP contribution in [-0.2, 0) is 0 Å². The summed E-state index contributed by atoms with van der Waals surface area (Å²) in [7, 11) is 0. The SMILES string of the molecule is CC(CC(C)Oc1ccccc1[N+](=O)[O-])Oc1ccccc1[N+](=O)[O-]. The number of nitro benzene ring substituents is 2. The molecule has 0 spiro atoms. The lowest BCUT2D eigenvalue weighted by atomic mass is 10.2. The Balaban J connectivity index is 2.01. The largest absolute Gasteiger partial charge is 0.484 e. The molecule has 2 aromatic carbocycles. The molecule has 2 rings (SSSR count). The highest BCUT2D eigenvalue weighted by Gasteiger charge is 2.20. The summed E-state index contributed by atoms with van der Waals surface area (Å²) >= 11 is 0. The molecule has 2 atom stereocenters. The van der Waals surface area contributed by atoms with Gasteiger partial charge in [-0.15, -0.1) is 0 Å². The molecule has 132 valence electrons. The van der Waals surface area contributed by atoms with E-state index in [1.165, 1.54) is 24.3 Å². The van der Waals surface area contributed by atoms with Crippen LogP contribution in [0.3, 0.4) is 0 Å². The molecular weight excluding hydrogens is 328 g/mol. The monoisotopic (exact) mass is 346 g/mol. The maximum atomic E-state index is 11.0. The van der Waals surface area contributed by atoms with Crippen molar-refractivity contribution in [2.24, 2.45) is 0 Å². The molecule has 0 heterocycles. The predicted octanol–water partition coefficient (Wildman–Crippen LogP) is 4.13. The molecule has 8 heteroatoms. The minimum Gasteiger partial charge on any atom is -0.484 e. The van der Waals surface area contributed by atoms with Crippen molar-refractivity contribution >= 4 is 11.4 Å². The molecule has 2 unspecified atom stereocenters. The Labute approximate surface area is 144 Å². The Morgan fingerprint density at radius 2 is 1.16 bits per heavy atom. The third kappa shape index (κ3) is 4.90. The van der Waals surface area contributed by atoms with E-state index in [-0.39, 0.29) is 35.1 Å². The van der Waals surface area contributed by atoms with E-state index in [0.717, 1.165) is 0 Å². The first-order valence-corrected chi connectivity index (χ1v) is 7.68. The van der Waals surface area contributed by atoms with Crippen LogP contribution in [0.5, 0.6) is 11.5 Å². The Morgan fingerprint density at radius 1 is 0.800 bits per heavy atom. The molecule has 0 aliphatic heterocycles. The maximum absolute atomic E-state index is 11.0. The van der Waals surface area contributed by atoms with Crippen molar-refractivity contribution < 1.29 is 19.3 Å². The van der Waals surface area contributed by atoms with Gasteiger partial charge in [0.1, 0.15) is 0 Å². The number of nitrogens with zero attached hydrogens (tertiary/aromatic N) is 2. The second-order valence-corrected chi connectivity index (χ2v) is 5.54. The van der Waals surface area contributed by atoms with E-state index in [1.54, 1.807) is 38.1 Å². The third-order valence-electron chi connectivity index (χ3n) is 3.44. The lowest BCUT2D eigenvalue weighted by molar-refractivity contribution is -0.386. The van der Waals surface area contributed by atoms with Gasteiger partial charge < -0.3 is 9.47 Å². The van der Waals surface area contributed by atoms with Gasteiger partial charge in [-0.25, -0.2) is 0 Å². The number of benzene rings is 2. The van der Waals surface area contributed by atoms with Gasteiger partial charge in [0.2, 0.25) is 0 Å². The smallest absolute Gasteiger partial charge is 0.310 e. The molecule has 2 aromatic rings. The van der Waals surface area contributed by atoms with Crippen molar-refractivity contribution in [2.75, 3.05) is 0 Å². The summed E-state index contributed by atoms with van der Waals surface area (Å²) in [6, 6.07) is 12.2. The Kier molecular flexibility index (Phi) is 5.89. The second kappa shape index (κ2) is 8.09. The zero-order valence-electron chi connectivity index (χ0n) is 13.8. The van der Waals surface area contributed by atoms with Crippen LogP contribution < -0.4 is 9.47 Å². The molecule has 0 aromatic heterocycles. The van der Waals surface area contributed by atoms with Crippen LogP contribution >= 0.6 is 0 Å². The summed E-state index contributed by atoms with van der Waals surface area (Å²) in [4.78, 5) is 21.0. The molecule has 0 aliphatic carbocycles. The molecule has 0 N–H and O–H groups in total. The van der Waals surface area contributed by atoms with Gasteiger partial charge in [0.25, 0.3) is 0 Å². The Hall–Kier alpha value is -3.16. The van der Waals surface area contributed by atoms with Crippen LogP contribution in [0.25, 0.3) is 0 Å². The first-order valence-electron chi connectivity index (χ1n) is 7.68. The highest BCUT2D eigenvalue weighted by Crippen LogP contribution is 2.29. The lowest BCUT2D eigenvalue weighted by Gasteiger charge is -2.20. The molecule has 0 saturated heterocycles. The van der Waals surface area contributed by atoms with E-state index >= 15 is 0 Å². The fourth-order valence-corrected chi connectivity index (χ4v) is 2.41. The molecule has 8 nitrogen and oxygen atoms in total. The summed E-state index contributed by atoms with van der Waals surface area (Å²) in [5.74, 6) is 0.357. The first kappa shape index (κ1) is 18.2.